The Morgan fingerprint density at radius 3 is 1.42 bits per heavy atom. The lowest BCUT2D eigenvalue weighted by molar-refractivity contribution is 0.101. The number of aromatic nitrogens is 1. The van der Waals surface area contributed by atoms with Gasteiger partial charge in [-0.25, -0.2) is 21.8 Å². The number of carbonyl (C=O) groups excluding carboxylic acids is 1. The highest BCUT2D eigenvalue weighted by Crippen LogP contribution is 2.39. The molecule has 0 fully saturated rings. The summed E-state index contributed by atoms with van der Waals surface area (Å²) < 4.78 is 53.1. The molecule has 1 amide bonds. The van der Waals surface area contributed by atoms with Crippen LogP contribution in [-0.2, 0) is 19.7 Å². The molecule has 4 rings (SSSR count). The number of sulfone groups is 2. The molecule has 1 aliphatic heterocycles. The maximum atomic E-state index is 13.3. The zero-order chi connectivity index (χ0) is 37.4. The van der Waals surface area contributed by atoms with Crippen LogP contribution < -0.4 is 0 Å². The summed E-state index contributed by atoms with van der Waals surface area (Å²) in [6.45, 7) is 4.43. The van der Waals surface area contributed by atoms with Crippen LogP contribution in [0.4, 0.5) is 0 Å². The fourth-order valence-electron chi connectivity index (χ4n) is 7.05. The Hall–Kier alpha value is -3.24. The van der Waals surface area contributed by atoms with E-state index in [1.165, 1.54) is 89.2 Å². The van der Waals surface area contributed by atoms with Crippen molar-refractivity contribution < 1.29 is 26.7 Å². The molecule has 52 heavy (non-hydrogen) atoms. The van der Waals surface area contributed by atoms with Gasteiger partial charge in [-0.15, -0.1) is 0 Å². The second kappa shape index (κ2) is 20.9. The van der Waals surface area contributed by atoms with Crippen LogP contribution in [-0.4, -0.2) is 50.1 Å². The SMILES string of the molecule is CCCCCCCCCCCCS(=O)(=O)c1cccc(C2=NC(=O)c3c(-c4cccc(S(=O)(=O)CCCCCCCCCCCC)c4)[nH]c(O)c32)c1. The lowest BCUT2D eigenvalue weighted by Gasteiger charge is -2.08. The topological polar surface area (TPSA) is 134 Å². The quantitative estimate of drug-likeness (QED) is 0.0784. The summed E-state index contributed by atoms with van der Waals surface area (Å²) in [4.78, 5) is 20.7. The van der Waals surface area contributed by atoms with Gasteiger partial charge in [0.1, 0.15) is 0 Å². The van der Waals surface area contributed by atoms with Crippen molar-refractivity contribution in [3.05, 3.63) is 65.2 Å². The second-order valence-corrected chi connectivity index (χ2v) is 18.6. The molecule has 3 aromatic rings. The minimum Gasteiger partial charge on any atom is -0.494 e. The molecule has 1 aliphatic rings. The summed E-state index contributed by atoms with van der Waals surface area (Å²) in [6, 6.07) is 12.8. The van der Waals surface area contributed by atoms with E-state index in [0.29, 0.717) is 24.0 Å². The number of rotatable bonds is 26. The van der Waals surface area contributed by atoms with Crippen molar-refractivity contribution in [2.24, 2.45) is 4.99 Å². The molecular weight excluding hydrogens is 693 g/mol. The molecule has 0 radical (unpaired) electrons. The average molecular weight is 753 g/mol. The lowest BCUT2D eigenvalue weighted by Crippen LogP contribution is -2.09. The van der Waals surface area contributed by atoms with Gasteiger partial charge in [-0.1, -0.05) is 154 Å². The number of hydrogen-bond acceptors (Lipinski definition) is 6. The summed E-state index contributed by atoms with van der Waals surface area (Å²) in [5, 5.41) is 11.0. The van der Waals surface area contributed by atoms with Crippen LogP contribution in [0.15, 0.2) is 63.3 Å². The number of nitrogens with one attached hydrogen (secondary N) is 1. The first-order valence-corrected chi connectivity index (χ1v) is 23.1. The third-order valence-corrected chi connectivity index (χ3v) is 13.7. The van der Waals surface area contributed by atoms with Crippen LogP contribution >= 0.6 is 0 Å². The van der Waals surface area contributed by atoms with E-state index >= 15 is 0 Å². The number of fused-ring (bicyclic) bond motifs is 1. The highest BCUT2D eigenvalue weighted by molar-refractivity contribution is 7.91. The van der Waals surface area contributed by atoms with Crippen LogP contribution in [0.25, 0.3) is 11.3 Å². The van der Waals surface area contributed by atoms with Crippen molar-refractivity contribution in [2.45, 2.75) is 152 Å². The Bertz CT molecular complexity index is 1840. The van der Waals surface area contributed by atoms with E-state index in [-0.39, 0.29) is 49.7 Å². The van der Waals surface area contributed by atoms with Gasteiger partial charge in [0.2, 0.25) is 0 Å². The molecule has 2 aromatic carbocycles. The molecule has 8 nitrogen and oxygen atoms in total. The molecular formula is C42H60N2O6S2. The zero-order valence-electron chi connectivity index (χ0n) is 31.4. The highest BCUT2D eigenvalue weighted by atomic mass is 32.2. The van der Waals surface area contributed by atoms with Crippen molar-refractivity contribution in [1.29, 1.82) is 0 Å². The number of aliphatic imine (C=N–C) groups is 1. The second-order valence-electron chi connectivity index (χ2n) is 14.4. The van der Waals surface area contributed by atoms with E-state index in [1.807, 2.05) is 0 Å². The van der Waals surface area contributed by atoms with E-state index in [4.69, 9.17) is 0 Å². The number of hydrogen-bond donors (Lipinski definition) is 2. The fraction of sp³-hybridized carbons (Fsp3) is 0.571. The van der Waals surface area contributed by atoms with Gasteiger partial charge in [0.05, 0.1) is 43.8 Å². The first-order chi connectivity index (χ1) is 25.1. The van der Waals surface area contributed by atoms with Crippen LogP contribution in [0.2, 0.25) is 0 Å². The van der Waals surface area contributed by atoms with E-state index in [2.05, 4.69) is 23.8 Å². The Kier molecular flexibility index (Phi) is 16.7. The molecule has 2 heterocycles. The molecule has 1 aromatic heterocycles. The van der Waals surface area contributed by atoms with E-state index < -0.39 is 25.6 Å². The van der Waals surface area contributed by atoms with Gasteiger partial charge in [-0.3, -0.25) is 4.79 Å². The summed E-state index contributed by atoms with van der Waals surface area (Å²) in [5.41, 5.74) is 1.62. The fourth-order valence-corrected chi connectivity index (χ4v) is 9.87. The third kappa shape index (κ3) is 11.9. The van der Waals surface area contributed by atoms with Gasteiger partial charge in [0, 0.05) is 11.1 Å². The van der Waals surface area contributed by atoms with Gasteiger partial charge < -0.3 is 10.1 Å². The number of nitrogens with zero attached hydrogens (tertiary/aromatic N) is 1. The van der Waals surface area contributed by atoms with Crippen LogP contribution in [0.3, 0.4) is 0 Å². The van der Waals surface area contributed by atoms with Crippen molar-refractivity contribution in [3.63, 3.8) is 0 Å². The minimum atomic E-state index is -3.56. The van der Waals surface area contributed by atoms with Gasteiger partial charge in [-0.05, 0) is 37.1 Å². The Balaban J connectivity index is 1.37. The number of amides is 1. The standard InChI is InChI=1S/C42H60N2O6S2/c1-3-5-7-9-11-13-15-17-19-21-29-51(47,48)35-27-23-25-33(31-35)39-37-38(42(46)43-39)40(44-41(37)45)34-26-24-28-36(32-34)52(49,50)30-22-20-18-16-14-12-10-8-6-4-2/h23-28,31-32,43,46H,3-22,29-30H2,1-2H3. The number of carbonyl (C=O) groups is 1. The number of aromatic hydroxyl groups is 1. The number of benzene rings is 2. The number of aromatic amines is 1. The largest absolute Gasteiger partial charge is 0.494 e. The number of H-pyrrole nitrogens is 1. The molecule has 2 N–H and O–H groups in total. The summed E-state index contributed by atoms with van der Waals surface area (Å²) in [5.74, 6) is -0.784. The molecule has 0 saturated heterocycles. The van der Waals surface area contributed by atoms with Crippen molar-refractivity contribution in [2.75, 3.05) is 11.5 Å². The number of unbranched alkanes of at least 4 members (excludes halogenated alkanes) is 18. The van der Waals surface area contributed by atoms with Gasteiger partial charge in [0.15, 0.2) is 25.6 Å². The smallest absolute Gasteiger partial charge is 0.280 e. The normalized spacial score (nSPS) is 13.1. The monoisotopic (exact) mass is 752 g/mol. The molecule has 0 spiro atoms. The zero-order valence-corrected chi connectivity index (χ0v) is 33.1. The maximum absolute atomic E-state index is 13.3. The maximum Gasteiger partial charge on any atom is 0.280 e. The van der Waals surface area contributed by atoms with Gasteiger partial charge in [-0.2, -0.15) is 0 Å². The molecule has 0 saturated carbocycles. The van der Waals surface area contributed by atoms with E-state index in [9.17, 15) is 26.7 Å². The first kappa shape index (κ1) is 41.5. The van der Waals surface area contributed by atoms with E-state index in [1.54, 1.807) is 36.4 Å². The summed E-state index contributed by atoms with van der Waals surface area (Å²) in [6.07, 6.45) is 22.3. The predicted octanol–water partition coefficient (Wildman–Crippen LogP) is 10.8. The van der Waals surface area contributed by atoms with Crippen LogP contribution in [0, 0.1) is 0 Å². The lowest BCUT2D eigenvalue weighted by atomic mass is 10.0. The van der Waals surface area contributed by atoms with Gasteiger partial charge >= 0.3 is 0 Å². The Morgan fingerprint density at radius 1 is 0.558 bits per heavy atom. The average Bonchev–Trinajstić information content (AvgIpc) is 3.67. The Morgan fingerprint density at radius 2 is 0.962 bits per heavy atom. The molecule has 0 unspecified atom stereocenters. The molecule has 0 atom stereocenters. The molecule has 0 aliphatic carbocycles. The minimum absolute atomic E-state index is 0.0433. The predicted molar refractivity (Wildman–Crippen MR) is 212 cm³/mol. The van der Waals surface area contributed by atoms with Crippen molar-refractivity contribution in [1.82, 2.24) is 4.98 Å². The third-order valence-electron chi connectivity index (χ3n) is 10.1. The Labute approximate surface area is 312 Å². The van der Waals surface area contributed by atoms with Crippen molar-refractivity contribution >= 4 is 31.3 Å². The molecule has 286 valence electrons. The molecule has 0 bridgehead atoms. The van der Waals surface area contributed by atoms with Crippen molar-refractivity contribution in [3.8, 4) is 17.1 Å². The summed E-state index contributed by atoms with van der Waals surface area (Å²) >= 11 is 0. The van der Waals surface area contributed by atoms with Crippen LogP contribution in [0.1, 0.15) is 164 Å². The first-order valence-electron chi connectivity index (χ1n) is 19.8. The van der Waals surface area contributed by atoms with Crippen LogP contribution in [0.5, 0.6) is 5.88 Å². The molecule has 10 heteroatoms. The summed E-state index contributed by atoms with van der Waals surface area (Å²) in [7, 11) is -7.12. The van der Waals surface area contributed by atoms with E-state index in [0.717, 1.165) is 38.5 Å². The van der Waals surface area contributed by atoms with Gasteiger partial charge in [0.25, 0.3) is 5.91 Å². The highest BCUT2D eigenvalue weighted by Gasteiger charge is 2.34.